The average Bonchev–Trinajstić information content (AvgIpc) is 2.67. The Bertz CT molecular complexity index is 788. The van der Waals surface area contributed by atoms with Gasteiger partial charge in [-0.15, -0.1) is 0 Å². The number of amides is 1. The van der Waals surface area contributed by atoms with Crippen molar-refractivity contribution in [2.75, 3.05) is 26.3 Å². The minimum absolute atomic E-state index is 0.0797. The van der Waals surface area contributed by atoms with E-state index in [1.807, 2.05) is 18.2 Å². The lowest BCUT2D eigenvalue weighted by Crippen LogP contribution is -2.44. The molecule has 1 aliphatic rings. The number of aryl methyl sites for hydroxylation is 1. The van der Waals surface area contributed by atoms with Crippen LogP contribution in [0.3, 0.4) is 0 Å². The van der Waals surface area contributed by atoms with E-state index in [2.05, 4.69) is 0 Å². The molecular weight excluding hydrogens is 336 g/mol. The molecule has 1 aliphatic heterocycles. The fourth-order valence-electron chi connectivity index (χ4n) is 2.84. The van der Waals surface area contributed by atoms with Crippen molar-refractivity contribution in [3.8, 4) is 5.75 Å². The molecule has 0 aliphatic carbocycles. The highest BCUT2D eigenvalue weighted by molar-refractivity contribution is 5.83. The van der Waals surface area contributed by atoms with Gasteiger partial charge in [-0.25, -0.2) is 0 Å². The first kappa shape index (κ1) is 17.9. The summed E-state index contributed by atoms with van der Waals surface area (Å²) in [4.78, 5) is 25.6. The predicted octanol–water partition coefficient (Wildman–Crippen LogP) is 2.88. The third kappa shape index (κ3) is 4.00. The molecule has 0 aromatic heterocycles. The molecule has 1 amide bonds. The van der Waals surface area contributed by atoms with Crippen LogP contribution in [0, 0.1) is 17.0 Å². The van der Waals surface area contributed by atoms with Crippen LogP contribution < -0.4 is 4.74 Å². The van der Waals surface area contributed by atoms with Crippen LogP contribution in [0.15, 0.2) is 48.5 Å². The van der Waals surface area contributed by atoms with E-state index in [4.69, 9.17) is 9.47 Å². The number of hydrogen-bond donors (Lipinski definition) is 0. The first-order valence-corrected chi connectivity index (χ1v) is 8.39. The van der Waals surface area contributed by atoms with E-state index < -0.39 is 11.0 Å². The molecule has 26 heavy (non-hydrogen) atoms. The van der Waals surface area contributed by atoms with Gasteiger partial charge in [0.25, 0.3) is 5.91 Å². The summed E-state index contributed by atoms with van der Waals surface area (Å²) >= 11 is 0. The number of hydrogen-bond acceptors (Lipinski definition) is 5. The summed E-state index contributed by atoms with van der Waals surface area (Å²) in [5, 5.41) is 11.4. The van der Waals surface area contributed by atoms with E-state index in [1.54, 1.807) is 30.0 Å². The summed E-state index contributed by atoms with van der Waals surface area (Å²) in [6, 6.07) is 13.7. The standard InChI is InChI=1S/C19H20N2O5/c1-14-7-8-17(16(13-14)21(23)24)26-18(15-5-3-2-4-6-15)19(22)20-9-11-25-12-10-20/h2-8,13,18H,9-12H2,1H3/t18-/m0/s1. The molecule has 0 saturated carbocycles. The Morgan fingerprint density at radius 2 is 1.88 bits per heavy atom. The first-order valence-electron chi connectivity index (χ1n) is 8.39. The van der Waals surface area contributed by atoms with Crippen molar-refractivity contribution in [2.45, 2.75) is 13.0 Å². The van der Waals surface area contributed by atoms with E-state index in [9.17, 15) is 14.9 Å². The maximum Gasteiger partial charge on any atom is 0.311 e. The lowest BCUT2D eigenvalue weighted by atomic mass is 10.1. The Morgan fingerprint density at radius 3 is 2.54 bits per heavy atom. The fraction of sp³-hybridized carbons (Fsp3) is 0.316. The number of nitro benzene ring substituents is 1. The molecule has 0 unspecified atom stereocenters. The van der Waals surface area contributed by atoms with E-state index in [1.165, 1.54) is 12.1 Å². The molecule has 1 fully saturated rings. The second-order valence-corrected chi connectivity index (χ2v) is 6.07. The van der Waals surface area contributed by atoms with Gasteiger partial charge in [0.1, 0.15) is 0 Å². The zero-order valence-corrected chi connectivity index (χ0v) is 14.5. The maximum atomic E-state index is 13.0. The maximum absolute atomic E-state index is 13.0. The Labute approximate surface area is 151 Å². The van der Waals surface area contributed by atoms with Gasteiger partial charge in [-0.05, 0) is 18.6 Å². The number of carbonyl (C=O) groups is 1. The van der Waals surface area contributed by atoms with Gasteiger partial charge in [0.15, 0.2) is 5.75 Å². The topological polar surface area (TPSA) is 81.9 Å². The molecule has 0 radical (unpaired) electrons. The minimum Gasteiger partial charge on any atom is -0.469 e. The van der Waals surface area contributed by atoms with E-state index in [0.717, 1.165) is 5.56 Å². The van der Waals surface area contributed by atoms with Crippen molar-refractivity contribution in [1.82, 2.24) is 4.90 Å². The quantitative estimate of drug-likeness (QED) is 0.608. The van der Waals surface area contributed by atoms with Crippen LogP contribution >= 0.6 is 0 Å². The molecule has 2 aromatic rings. The van der Waals surface area contributed by atoms with Crippen molar-refractivity contribution >= 4 is 11.6 Å². The Hall–Kier alpha value is -2.93. The fourth-order valence-corrected chi connectivity index (χ4v) is 2.84. The summed E-state index contributed by atoms with van der Waals surface area (Å²) in [7, 11) is 0. The molecule has 1 saturated heterocycles. The summed E-state index contributed by atoms with van der Waals surface area (Å²) in [5.74, 6) is -0.148. The molecule has 1 atom stereocenters. The number of benzene rings is 2. The van der Waals surface area contributed by atoms with Crippen molar-refractivity contribution in [1.29, 1.82) is 0 Å². The van der Waals surface area contributed by atoms with Gasteiger partial charge in [0.05, 0.1) is 18.1 Å². The zero-order valence-electron chi connectivity index (χ0n) is 14.5. The summed E-state index contributed by atoms with van der Waals surface area (Å²) in [5.41, 5.74) is 1.25. The van der Waals surface area contributed by atoms with Crippen LogP contribution in [0.5, 0.6) is 5.75 Å². The highest BCUT2D eigenvalue weighted by Gasteiger charge is 2.31. The predicted molar refractivity (Wildman–Crippen MR) is 95.0 cm³/mol. The van der Waals surface area contributed by atoms with Crippen LogP contribution in [0.25, 0.3) is 0 Å². The van der Waals surface area contributed by atoms with Crippen LogP contribution in [-0.4, -0.2) is 42.0 Å². The van der Waals surface area contributed by atoms with Crippen molar-refractivity contribution < 1.29 is 19.2 Å². The number of carbonyl (C=O) groups excluding carboxylic acids is 1. The molecule has 1 heterocycles. The van der Waals surface area contributed by atoms with Gasteiger partial charge < -0.3 is 14.4 Å². The van der Waals surface area contributed by atoms with Gasteiger partial charge in [-0.3, -0.25) is 14.9 Å². The smallest absolute Gasteiger partial charge is 0.311 e. The number of nitrogens with zero attached hydrogens (tertiary/aromatic N) is 2. The second kappa shape index (κ2) is 7.97. The number of nitro groups is 1. The lowest BCUT2D eigenvalue weighted by Gasteiger charge is -2.30. The number of morpholine rings is 1. The summed E-state index contributed by atoms with van der Waals surface area (Å²) < 4.78 is 11.2. The highest BCUT2D eigenvalue weighted by atomic mass is 16.6. The molecule has 3 rings (SSSR count). The van der Waals surface area contributed by atoms with Crippen LogP contribution in [-0.2, 0) is 9.53 Å². The SMILES string of the molecule is Cc1ccc(O[C@H](C(=O)N2CCOCC2)c2ccccc2)c([N+](=O)[O-])c1. The average molecular weight is 356 g/mol. The summed E-state index contributed by atoms with van der Waals surface area (Å²) in [6.07, 6.45) is -0.948. The lowest BCUT2D eigenvalue weighted by molar-refractivity contribution is -0.386. The summed E-state index contributed by atoms with van der Waals surface area (Å²) in [6.45, 7) is 3.66. The molecule has 7 nitrogen and oxygen atoms in total. The zero-order chi connectivity index (χ0) is 18.5. The Kier molecular flexibility index (Phi) is 5.48. The van der Waals surface area contributed by atoms with Gasteiger partial charge in [-0.2, -0.15) is 0 Å². The van der Waals surface area contributed by atoms with Crippen molar-refractivity contribution in [3.05, 3.63) is 69.8 Å². The molecule has 0 N–H and O–H groups in total. The van der Waals surface area contributed by atoms with Gasteiger partial charge >= 0.3 is 5.69 Å². The molecular formula is C19H20N2O5. The molecule has 0 bridgehead atoms. The highest BCUT2D eigenvalue weighted by Crippen LogP contribution is 2.32. The van der Waals surface area contributed by atoms with Crippen molar-refractivity contribution in [3.63, 3.8) is 0 Å². The van der Waals surface area contributed by atoms with Crippen LogP contribution in [0.1, 0.15) is 17.2 Å². The molecule has 0 spiro atoms. The molecule has 136 valence electrons. The Balaban J connectivity index is 1.94. The van der Waals surface area contributed by atoms with Gasteiger partial charge in [0.2, 0.25) is 6.10 Å². The third-order valence-electron chi connectivity index (χ3n) is 4.21. The van der Waals surface area contributed by atoms with Gasteiger partial charge in [0, 0.05) is 24.7 Å². The van der Waals surface area contributed by atoms with E-state index in [-0.39, 0.29) is 17.3 Å². The largest absolute Gasteiger partial charge is 0.469 e. The number of ether oxygens (including phenoxy) is 2. The molecule has 2 aromatic carbocycles. The monoisotopic (exact) mass is 356 g/mol. The van der Waals surface area contributed by atoms with Crippen LogP contribution in [0.2, 0.25) is 0 Å². The molecule has 7 heteroatoms. The van der Waals surface area contributed by atoms with Gasteiger partial charge in [-0.1, -0.05) is 36.4 Å². The third-order valence-corrected chi connectivity index (χ3v) is 4.21. The minimum atomic E-state index is -0.948. The second-order valence-electron chi connectivity index (χ2n) is 6.07. The van der Waals surface area contributed by atoms with Crippen LogP contribution in [0.4, 0.5) is 5.69 Å². The normalized spacial score (nSPS) is 15.3. The van der Waals surface area contributed by atoms with E-state index >= 15 is 0 Å². The first-order chi connectivity index (χ1) is 12.6. The Morgan fingerprint density at radius 1 is 1.19 bits per heavy atom. The van der Waals surface area contributed by atoms with E-state index in [0.29, 0.717) is 31.9 Å². The van der Waals surface area contributed by atoms with Crippen molar-refractivity contribution in [2.24, 2.45) is 0 Å². The number of rotatable bonds is 5.